The summed E-state index contributed by atoms with van der Waals surface area (Å²) < 4.78 is 19.3. The van der Waals surface area contributed by atoms with Gasteiger partial charge in [0, 0.05) is 12.1 Å². The molecule has 2 nitrogen and oxygen atoms in total. The molecule has 1 atom stereocenters. The molecule has 0 heterocycles. The molecule has 0 radical (unpaired) electrons. The summed E-state index contributed by atoms with van der Waals surface area (Å²) in [5, 5.41) is 0. The van der Waals surface area contributed by atoms with Gasteiger partial charge in [0.25, 0.3) is 0 Å². The van der Waals surface area contributed by atoms with Gasteiger partial charge in [0.15, 0.2) is 0 Å². The van der Waals surface area contributed by atoms with Crippen LogP contribution in [0.1, 0.15) is 44.6 Å². The lowest BCUT2D eigenvalue weighted by Crippen LogP contribution is -2.18. The monoisotopic (exact) mass is 265 g/mol. The van der Waals surface area contributed by atoms with E-state index >= 15 is 0 Å². The molecule has 0 saturated heterocycles. The molecular formula is C16H24FNO. The van der Waals surface area contributed by atoms with E-state index in [1.807, 2.05) is 13.0 Å². The first-order valence-corrected chi connectivity index (χ1v) is 7.31. The first kappa shape index (κ1) is 14.3. The van der Waals surface area contributed by atoms with Crippen LogP contribution in [0.5, 0.6) is 5.75 Å². The summed E-state index contributed by atoms with van der Waals surface area (Å²) in [6, 6.07) is 4.95. The third-order valence-electron chi connectivity index (χ3n) is 3.70. The highest BCUT2D eigenvalue weighted by Gasteiger charge is 2.14. The predicted molar refractivity (Wildman–Crippen MR) is 75.8 cm³/mol. The highest BCUT2D eigenvalue weighted by atomic mass is 19.1. The van der Waals surface area contributed by atoms with Gasteiger partial charge in [-0.3, -0.25) is 0 Å². The molecule has 1 aromatic rings. The first-order chi connectivity index (χ1) is 9.13. The molecule has 1 aromatic carbocycles. The van der Waals surface area contributed by atoms with Gasteiger partial charge in [-0.2, -0.15) is 0 Å². The van der Waals surface area contributed by atoms with Crippen molar-refractivity contribution in [3.05, 3.63) is 29.6 Å². The minimum absolute atomic E-state index is 0.0352. The van der Waals surface area contributed by atoms with Crippen LogP contribution < -0.4 is 10.5 Å². The molecule has 2 N–H and O–H groups in total. The second kappa shape index (κ2) is 6.90. The number of hydrogen-bond donors (Lipinski definition) is 1. The topological polar surface area (TPSA) is 35.2 Å². The number of nitrogens with two attached hydrogens (primary N) is 1. The molecule has 19 heavy (non-hydrogen) atoms. The molecule has 0 spiro atoms. The molecule has 1 aliphatic carbocycles. The lowest BCUT2D eigenvalue weighted by atomic mass is 9.90. The number of benzene rings is 1. The second-order valence-corrected chi connectivity index (χ2v) is 5.79. The third-order valence-corrected chi connectivity index (χ3v) is 3.70. The summed E-state index contributed by atoms with van der Waals surface area (Å²) >= 11 is 0. The van der Waals surface area contributed by atoms with Crippen LogP contribution in [-0.4, -0.2) is 12.6 Å². The number of halogens is 1. The molecule has 3 heteroatoms. The number of rotatable bonds is 5. The van der Waals surface area contributed by atoms with Gasteiger partial charge in [-0.05, 0) is 49.8 Å². The van der Waals surface area contributed by atoms with E-state index in [1.165, 1.54) is 44.2 Å². The van der Waals surface area contributed by atoms with Crippen LogP contribution in [0.4, 0.5) is 4.39 Å². The van der Waals surface area contributed by atoms with Gasteiger partial charge in [-0.1, -0.05) is 19.3 Å². The fraction of sp³-hybridized carbons (Fsp3) is 0.625. The number of ether oxygens (including phenoxy) is 1. The van der Waals surface area contributed by atoms with Crippen molar-refractivity contribution >= 4 is 0 Å². The molecule has 0 amide bonds. The van der Waals surface area contributed by atoms with Crippen LogP contribution in [0.3, 0.4) is 0 Å². The van der Waals surface area contributed by atoms with Crippen LogP contribution in [0.2, 0.25) is 0 Å². The van der Waals surface area contributed by atoms with Crippen LogP contribution in [-0.2, 0) is 6.42 Å². The van der Waals surface area contributed by atoms with Gasteiger partial charge >= 0.3 is 0 Å². The van der Waals surface area contributed by atoms with E-state index in [2.05, 4.69) is 0 Å². The maximum Gasteiger partial charge on any atom is 0.127 e. The van der Waals surface area contributed by atoms with Crippen molar-refractivity contribution < 1.29 is 9.13 Å². The zero-order valence-electron chi connectivity index (χ0n) is 11.7. The van der Waals surface area contributed by atoms with E-state index in [-0.39, 0.29) is 11.9 Å². The van der Waals surface area contributed by atoms with Crippen LogP contribution in [0, 0.1) is 11.7 Å². The van der Waals surface area contributed by atoms with E-state index in [0.717, 1.165) is 5.56 Å². The molecular weight excluding hydrogens is 241 g/mol. The van der Waals surface area contributed by atoms with Crippen molar-refractivity contribution in [1.82, 2.24) is 0 Å². The van der Waals surface area contributed by atoms with Crippen molar-refractivity contribution in [2.75, 3.05) is 6.61 Å². The largest absolute Gasteiger partial charge is 0.493 e. The predicted octanol–water partition coefficient (Wildman–Crippen LogP) is 3.67. The van der Waals surface area contributed by atoms with E-state index in [9.17, 15) is 4.39 Å². The van der Waals surface area contributed by atoms with Gasteiger partial charge in [-0.25, -0.2) is 4.39 Å². The normalized spacial score (nSPS) is 18.3. The molecule has 0 aromatic heterocycles. The molecule has 106 valence electrons. The summed E-state index contributed by atoms with van der Waals surface area (Å²) in [6.07, 6.45) is 7.09. The van der Waals surface area contributed by atoms with Gasteiger partial charge in [-0.15, -0.1) is 0 Å². The zero-order valence-corrected chi connectivity index (χ0v) is 11.7. The Hall–Kier alpha value is -1.09. The number of hydrogen-bond acceptors (Lipinski definition) is 2. The summed E-state index contributed by atoms with van der Waals surface area (Å²) in [5.74, 6) is 1.03. The van der Waals surface area contributed by atoms with Gasteiger partial charge in [0.2, 0.25) is 0 Å². The Labute approximate surface area is 115 Å². The van der Waals surface area contributed by atoms with Crippen molar-refractivity contribution in [2.45, 2.75) is 51.5 Å². The van der Waals surface area contributed by atoms with E-state index < -0.39 is 0 Å². The average molecular weight is 265 g/mol. The summed E-state index contributed by atoms with van der Waals surface area (Å²) in [6.45, 7) is 2.63. The van der Waals surface area contributed by atoms with Crippen LogP contribution in [0.15, 0.2) is 18.2 Å². The minimum Gasteiger partial charge on any atom is -0.493 e. The molecule has 1 unspecified atom stereocenters. The van der Waals surface area contributed by atoms with Gasteiger partial charge < -0.3 is 10.5 Å². The van der Waals surface area contributed by atoms with Crippen LogP contribution >= 0.6 is 0 Å². The smallest absolute Gasteiger partial charge is 0.127 e. The van der Waals surface area contributed by atoms with E-state index in [0.29, 0.717) is 24.7 Å². The molecule has 2 rings (SSSR count). The molecule has 1 aliphatic rings. The molecule has 0 bridgehead atoms. The third kappa shape index (κ3) is 4.83. The van der Waals surface area contributed by atoms with Gasteiger partial charge in [0.1, 0.15) is 11.6 Å². The van der Waals surface area contributed by atoms with Crippen molar-refractivity contribution in [3.8, 4) is 5.75 Å². The first-order valence-electron chi connectivity index (χ1n) is 7.31. The SMILES string of the molecule is CC(N)Cc1cc(F)cc(OCC2CCCCC2)c1. The maximum absolute atomic E-state index is 13.5. The van der Waals surface area contributed by atoms with E-state index in [1.54, 1.807) is 0 Å². The summed E-state index contributed by atoms with van der Waals surface area (Å²) in [5.41, 5.74) is 6.66. The molecule has 1 fully saturated rings. The Morgan fingerprint density at radius 3 is 2.68 bits per heavy atom. The minimum atomic E-state index is -0.239. The Kier molecular flexibility index (Phi) is 5.20. The molecule has 1 saturated carbocycles. The average Bonchev–Trinajstić information content (AvgIpc) is 2.36. The van der Waals surface area contributed by atoms with Crippen molar-refractivity contribution in [1.29, 1.82) is 0 Å². The quantitative estimate of drug-likeness (QED) is 0.881. The standard InChI is InChI=1S/C16H24FNO/c1-12(18)7-14-8-15(17)10-16(9-14)19-11-13-5-3-2-4-6-13/h8-10,12-13H,2-7,11,18H2,1H3. The summed E-state index contributed by atoms with van der Waals surface area (Å²) in [4.78, 5) is 0. The lowest BCUT2D eigenvalue weighted by molar-refractivity contribution is 0.208. The maximum atomic E-state index is 13.5. The highest BCUT2D eigenvalue weighted by molar-refractivity contribution is 5.30. The fourth-order valence-corrected chi connectivity index (χ4v) is 2.76. The lowest BCUT2D eigenvalue weighted by Gasteiger charge is -2.21. The second-order valence-electron chi connectivity index (χ2n) is 5.79. The van der Waals surface area contributed by atoms with Gasteiger partial charge in [0.05, 0.1) is 6.61 Å². The fourth-order valence-electron chi connectivity index (χ4n) is 2.76. The van der Waals surface area contributed by atoms with Crippen LogP contribution in [0.25, 0.3) is 0 Å². The molecule has 0 aliphatic heterocycles. The Balaban J connectivity index is 1.93. The summed E-state index contributed by atoms with van der Waals surface area (Å²) in [7, 11) is 0. The Bertz CT molecular complexity index is 400. The van der Waals surface area contributed by atoms with Crippen molar-refractivity contribution in [3.63, 3.8) is 0 Å². The Morgan fingerprint density at radius 2 is 2.00 bits per heavy atom. The Morgan fingerprint density at radius 1 is 1.26 bits per heavy atom. The van der Waals surface area contributed by atoms with E-state index in [4.69, 9.17) is 10.5 Å². The van der Waals surface area contributed by atoms with Crippen molar-refractivity contribution in [2.24, 2.45) is 11.7 Å². The zero-order chi connectivity index (χ0) is 13.7. The highest BCUT2D eigenvalue weighted by Crippen LogP contribution is 2.25.